The van der Waals surface area contributed by atoms with Crippen LogP contribution >= 0.6 is 11.3 Å². The van der Waals surface area contributed by atoms with Gasteiger partial charge in [0, 0.05) is 69.3 Å². The van der Waals surface area contributed by atoms with E-state index in [0.717, 1.165) is 70.7 Å². The third-order valence-corrected chi connectivity index (χ3v) is 12.9. The molecule has 6 rings (SSSR count). The zero-order valence-electron chi connectivity index (χ0n) is 33.8. The molecule has 0 amide bonds. The predicted molar refractivity (Wildman–Crippen MR) is 224 cm³/mol. The molecule has 1 N–H and O–H groups in total. The first kappa shape index (κ1) is 42.4. The molecule has 0 saturated carbocycles. The van der Waals surface area contributed by atoms with Gasteiger partial charge in [0.05, 0.1) is 0 Å². The largest absolute Gasteiger partial charge is 0.512 e. The van der Waals surface area contributed by atoms with Gasteiger partial charge < -0.3 is 9.52 Å². The molecule has 0 atom stereocenters. The first-order chi connectivity index (χ1) is 24.5. The third-order valence-electron chi connectivity index (χ3n) is 11.6. The summed E-state index contributed by atoms with van der Waals surface area (Å²) in [5.41, 5.74) is 5.86. The van der Waals surface area contributed by atoms with Crippen LogP contribution in [-0.4, -0.2) is 15.9 Å². The first-order valence-electron chi connectivity index (χ1n) is 19.1. The summed E-state index contributed by atoms with van der Waals surface area (Å²) in [4.78, 5) is 18.5. The summed E-state index contributed by atoms with van der Waals surface area (Å²) in [5.74, 6) is 0.926. The van der Waals surface area contributed by atoms with Crippen LogP contribution in [0.5, 0.6) is 0 Å². The van der Waals surface area contributed by atoms with Crippen LogP contribution in [-0.2, 0) is 36.7 Å². The fraction of sp³-hybridized carbons (Fsp3) is 0.447. The number of carbonyl (C=O) groups excluding carboxylic acids is 1. The standard InChI is InChI=1S/C32H30NOS.C15H28O2.Ir/c1-18(2)13-28-19(3)23-16-24-27(17-29(23)35-28)34-26-11-12-33-31(30(24)26)21-14-20-9-7-8-10-22(20)25(15-21)32(4,5)6;1-7-14(5,8-2)12(16)11-13(17)15(6,9-3)10-4;/h7-12,15-18H,13H2,1-6H3;11,16H,7-10H2,1-6H3;/q-1;;/b;12-11-;. The molecular weight excluding hydrogens is 851 g/mol. The van der Waals surface area contributed by atoms with Crippen molar-refractivity contribution in [3.05, 3.63) is 88.6 Å². The molecule has 53 heavy (non-hydrogen) atoms. The van der Waals surface area contributed by atoms with E-state index in [4.69, 9.17) is 9.40 Å². The summed E-state index contributed by atoms with van der Waals surface area (Å²) in [6, 6.07) is 21.0. The number of fused-ring (bicyclic) bond motifs is 5. The minimum atomic E-state index is -0.337. The second kappa shape index (κ2) is 16.6. The third kappa shape index (κ3) is 8.51. The van der Waals surface area contributed by atoms with Crippen LogP contribution in [0.2, 0.25) is 0 Å². The molecule has 0 bridgehead atoms. The average molecular weight is 909 g/mol. The molecule has 0 fully saturated rings. The molecule has 0 saturated heterocycles. The number of rotatable bonds is 10. The minimum absolute atomic E-state index is 0. The second-order valence-corrected chi connectivity index (χ2v) is 17.7. The van der Waals surface area contributed by atoms with Crippen molar-refractivity contribution in [3.8, 4) is 11.3 Å². The van der Waals surface area contributed by atoms with Gasteiger partial charge in [-0.2, -0.15) is 0 Å². The first-order valence-corrected chi connectivity index (χ1v) is 20.0. The Balaban J connectivity index is 0.000000299. The van der Waals surface area contributed by atoms with E-state index in [2.05, 4.69) is 90.1 Å². The number of aliphatic hydroxyl groups excluding tert-OH is 1. The number of aryl methyl sites for hydroxylation is 1. The van der Waals surface area contributed by atoms with Crippen LogP contribution in [0.3, 0.4) is 0 Å². The number of thiophene rings is 1. The Morgan fingerprint density at radius 3 is 2.13 bits per heavy atom. The SMILES string of the molecule is CCC(C)(CC)C(=O)/C=C(\O)C(C)(CC)CC.Cc1c(CC(C)C)sc2cc3oc4ccnc(-c5[c-]c6ccccc6c(C(C)(C)C)c5)c4c3cc12.[Ir]. The Hall–Kier alpha value is -3.31. The Morgan fingerprint density at radius 1 is 0.887 bits per heavy atom. The maximum atomic E-state index is 12.2. The number of nitrogens with zero attached hydrogens (tertiary/aromatic N) is 1. The number of furan rings is 1. The smallest absolute Gasteiger partial charge is 0.164 e. The van der Waals surface area contributed by atoms with Gasteiger partial charge >= 0.3 is 0 Å². The van der Waals surface area contributed by atoms with Crippen LogP contribution in [0.25, 0.3) is 54.1 Å². The molecule has 6 aromatic rings. The van der Waals surface area contributed by atoms with Crippen LogP contribution in [0.15, 0.2) is 71.0 Å². The zero-order valence-corrected chi connectivity index (χ0v) is 37.1. The molecule has 6 heteroatoms. The van der Waals surface area contributed by atoms with Crippen molar-refractivity contribution >= 4 is 59.9 Å². The molecule has 4 nitrogen and oxygen atoms in total. The van der Waals surface area contributed by atoms with Crippen molar-refractivity contribution in [1.29, 1.82) is 0 Å². The average Bonchev–Trinajstić information content (AvgIpc) is 3.64. The summed E-state index contributed by atoms with van der Waals surface area (Å²) < 4.78 is 7.69. The van der Waals surface area contributed by atoms with Gasteiger partial charge in [-0.1, -0.05) is 105 Å². The molecule has 285 valence electrons. The number of hydrogen-bond acceptors (Lipinski definition) is 5. The summed E-state index contributed by atoms with van der Waals surface area (Å²) in [6.45, 7) is 25.7. The van der Waals surface area contributed by atoms with Crippen molar-refractivity contribution in [3.63, 3.8) is 0 Å². The van der Waals surface area contributed by atoms with E-state index in [1.165, 1.54) is 37.6 Å². The number of aliphatic hydroxyl groups is 1. The maximum Gasteiger partial charge on any atom is 0.164 e. The molecule has 3 heterocycles. The fourth-order valence-corrected chi connectivity index (χ4v) is 8.35. The molecule has 0 unspecified atom stereocenters. The van der Waals surface area contributed by atoms with Crippen LogP contribution in [0.4, 0.5) is 0 Å². The van der Waals surface area contributed by atoms with E-state index >= 15 is 0 Å². The van der Waals surface area contributed by atoms with Gasteiger partial charge in [-0.05, 0) is 79.5 Å². The number of carbonyl (C=O) groups is 1. The topological polar surface area (TPSA) is 63.3 Å². The molecule has 0 spiro atoms. The summed E-state index contributed by atoms with van der Waals surface area (Å²) in [5, 5.41) is 16.0. The van der Waals surface area contributed by atoms with Gasteiger partial charge in [-0.15, -0.1) is 40.5 Å². The van der Waals surface area contributed by atoms with Crippen molar-refractivity contribution < 1.29 is 34.4 Å². The number of benzene rings is 3. The predicted octanol–water partition coefficient (Wildman–Crippen LogP) is 14.3. The Kier molecular flexibility index (Phi) is 13.3. The van der Waals surface area contributed by atoms with E-state index in [9.17, 15) is 9.90 Å². The second-order valence-electron chi connectivity index (χ2n) is 16.5. The van der Waals surface area contributed by atoms with Crippen molar-refractivity contribution in [1.82, 2.24) is 4.98 Å². The fourth-order valence-electron chi connectivity index (χ4n) is 6.92. The minimum Gasteiger partial charge on any atom is -0.512 e. The molecule has 0 aliphatic carbocycles. The Labute approximate surface area is 334 Å². The number of ketones is 1. The molecule has 1 radical (unpaired) electrons. The zero-order chi connectivity index (χ0) is 38.2. The van der Waals surface area contributed by atoms with Gasteiger partial charge in [0.1, 0.15) is 16.9 Å². The van der Waals surface area contributed by atoms with Crippen molar-refractivity contribution in [2.75, 3.05) is 0 Å². The number of aromatic nitrogens is 1. The van der Waals surface area contributed by atoms with Gasteiger partial charge in [0.15, 0.2) is 5.78 Å². The van der Waals surface area contributed by atoms with E-state index in [1.807, 2.05) is 65.1 Å². The Bertz CT molecular complexity index is 2260. The van der Waals surface area contributed by atoms with E-state index in [1.54, 1.807) is 0 Å². The normalized spacial score (nSPS) is 12.8. The summed E-state index contributed by atoms with van der Waals surface area (Å²) >= 11 is 1.90. The molecule has 3 aromatic carbocycles. The van der Waals surface area contributed by atoms with Crippen molar-refractivity contribution in [2.24, 2.45) is 16.7 Å². The van der Waals surface area contributed by atoms with E-state index in [0.29, 0.717) is 5.92 Å². The van der Waals surface area contributed by atoms with Gasteiger partial charge in [-0.25, -0.2) is 0 Å². The summed E-state index contributed by atoms with van der Waals surface area (Å²) in [7, 11) is 0. The maximum absolute atomic E-state index is 12.2. The number of pyridine rings is 1. The van der Waals surface area contributed by atoms with E-state index < -0.39 is 0 Å². The molecular formula is C47H58IrNO3S-. The van der Waals surface area contributed by atoms with E-state index in [-0.39, 0.29) is 47.9 Å². The van der Waals surface area contributed by atoms with Crippen LogP contribution in [0, 0.1) is 29.7 Å². The Morgan fingerprint density at radius 2 is 1.53 bits per heavy atom. The summed E-state index contributed by atoms with van der Waals surface area (Å²) in [6.07, 6.45) is 7.72. The van der Waals surface area contributed by atoms with Crippen LogP contribution < -0.4 is 0 Å². The van der Waals surface area contributed by atoms with Gasteiger partial charge in [0.25, 0.3) is 0 Å². The molecule has 0 aliphatic heterocycles. The van der Waals surface area contributed by atoms with Crippen LogP contribution in [0.1, 0.15) is 118 Å². The molecule has 3 aromatic heterocycles. The van der Waals surface area contributed by atoms with Gasteiger partial charge in [0.2, 0.25) is 0 Å². The monoisotopic (exact) mass is 909 g/mol. The van der Waals surface area contributed by atoms with Crippen molar-refractivity contribution in [2.45, 2.75) is 121 Å². The number of allylic oxidation sites excluding steroid dienone is 2. The quantitative estimate of drug-likeness (QED) is 0.0845. The van der Waals surface area contributed by atoms with Gasteiger partial charge in [-0.3, -0.25) is 9.78 Å². The number of hydrogen-bond donors (Lipinski definition) is 1. The molecule has 0 aliphatic rings.